The van der Waals surface area contributed by atoms with E-state index in [-0.39, 0.29) is 11.8 Å². The summed E-state index contributed by atoms with van der Waals surface area (Å²) in [6.45, 7) is 3.73. The summed E-state index contributed by atoms with van der Waals surface area (Å²) >= 11 is 0. The van der Waals surface area contributed by atoms with Crippen LogP contribution in [-0.2, 0) is 16.0 Å². The second-order valence-electron chi connectivity index (χ2n) is 7.73. The third-order valence-electron chi connectivity index (χ3n) is 5.48. The molecule has 0 radical (unpaired) electrons. The molecule has 0 saturated carbocycles. The molecule has 0 unspecified atom stereocenters. The molecular weight excluding hydrogens is 376 g/mol. The monoisotopic (exact) mass is 406 g/mol. The molecule has 0 spiro atoms. The van der Waals surface area contributed by atoms with Crippen molar-refractivity contribution in [2.24, 2.45) is 0 Å². The summed E-state index contributed by atoms with van der Waals surface area (Å²) in [6.07, 6.45) is 5.45. The first-order valence-electron chi connectivity index (χ1n) is 10.8. The van der Waals surface area contributed by atoms with Crippen LogP contribution in [0.2, 0.25) is 0 Å². The Morgan fingerprint density at radius 3 is 2.07 bits per heavy atom. The van der Waals surface area contributed by atoms with Gasteiger partial charge in [0, 0.05) is 34.4 Å². The second-order valence-corrected chi connectivity index (χ2v) is 7.73. The number of Topliss-reactive ketones (excluding diaryl/α,β-unsaturated/α-hetero) is 1. The van der Waals surface area contributed by atoms with E-state index in [1.807, 2.05) is 30.3 Å². The molecule has 0 N–H and O–H groups in total. The van der Waals surface area contributed by atoms with Crippen molar-refractivity contribution in [3.8, 4) is 11.5 Å². The molecule has 3 aromatic carbocycles. The molecule has 4 heteroatoms. The zero-order valence-corrected chi connectivity index (χ0v) is 18.1. The fourth-order valence-electron chi connectivity index (χ4n) is 3.86. The topological polar surface area (TPSA) is 52.6 Å². The van der Waals surface area contributed by atoms with E-state index in [1.165, 1.54) is 5.56 Å². The number of esters is 1. The lowest BCUT2D eigenvalue weighted by Gasteiger charge is -2.16. The van der Waals surface area contributed by atoms with Gasteiger partial charge in [-0.05, 0) is 37.8 Å². The van der Waals surface area contributed by atoms with E-state index in [9.17, 15) is 9.59 Å². The summed E-state index contributed by atoms with van der Waals surface area (Å²) in [5, 5.41) is 3.66. The Morgan fingerprint density at radius 2 is 1.43 bits per heavy atom. The maximum absolute atomic E-state index is 12.6. The summed E-state index contributed by atoms with van der Waals surface area (Å²) in [5.74, 6) is 1.41. The smallest absolute Gasteiger partial charge is 0.311 e. The Hall–Kier alpha value is -2.88. The fraction of sp³-hybridized carbons (Fsp3) is 0.385. The van der Waals surface area contributed by atoms with E-state index in [1.54, 1.807) is 14.0 Å². The van der Waals surface area contributed by atoms with Crippen molar-refractivity contribution in [2.45, 2.75) is 58.8 Å². The summed E-state index contributed by atoms with van der Waals surface area (Å²) in [4.78, 5) is 23.6. The highest BCUT2D eigenvalue weighted by molar-refractivity contribution is 6.12. The Bertz CT molecular complexity index is 1050. The standard InChI is InChI=1S/C26H30O4/c1-4-19-15-16-22-23(17-19)25(29-3)20-12-9-10-13-21(20)26(22)30-24(28)14-8-6-5-7-11-18(2)27/h9-10,12-13,15-17H,4-8,11,14H2,1-3H3. The van der Waals surface area contributed by atoms with E-state index < -0.39 is 0 Å². The molecule has 0 bridgehead atoms. The first-order chi connectivity index (χ1) is 14.5. The third-order valence-corrected chi connectivity index (χ3v) is 5.48. The van der Waals surface area contributed by atoms with Gasteiger partial charge in [-0.3, -0.25) is 4.79 Å². The van der Waals surface area contributed by atoms with Crippen LogP contribution in [0.1, 0.15) is 57.9 Å². The number of methoxy groups -OCH3 is 1. The van der Waals surface area contributed by atoms with Crippen LogP contribution in [-0.4, -0.2) is 18.9 Å². The molecule has 0 heterocycles. The van der Waals surface area contributed by atoms with Crippen molar-refractivity contribution in [1.82, 2.24) is 0 Å². The number of ketones is 1. The van der Waals surface area contributed by atoms with Crippen LogP contribution >= 0.6 is 0 Å². The number of aryl methyl sites for hydroxylation is 1. The van der Waals surface area contributed by atoms with Crippen molar-refractivity contribution in [3.63, 3.8) is 0 Å². The number of unbranched alkanes of at least 4 members (excludes halogenated alkanes) is 3. The number of benzene rings is 3. The second kappa shape index (κ2) is 10.2. The number of hydrogen-bond donors (Lipinski definition) is 0. The van der Waals surface area contributed by atoms with Gasteiger partial charge in [0.15, 0.2) is 0 Å². The molecule has 4 nitrogen and oxygen atoms in total. The molecule has 0 amide bonds. The SMILES string of the molecule is CCc1ccc2c(OC(=O)CCCCCCC(C)=O)c3ccccc3c(OC)c2c1. The Labute approximate surface area is 178 Å². The summed E-state index contributed by atoms with van der Waals surface area (Å²) in [7, 11) is 1.68. The number of rotatable bonds is 10. The van der Waals surface area contributed by atoms with Gasteiger partial charge in [-0.2, -0.15) is 0 Å². The third kappa shape index (κ3) is 4.99. The van der Waals surface area contributed by atoms with Gasteiger partial charge in [-0.15, -0.1) is 0 Å². The van der Waals surface area contributed by atoms with Crippen LogP contribution < -0.4 is 9.47 Å². The van der Waals surface area contributed by atoms with Gasteiger partial charge in [0.05, 0.1) is 7.11 Å². The average Bonchev–Trinajstić information content (AvgIpc) is 2.75. The molecule has 0 saturated heterocycles. The van der Waals surface area contributed by atoms with Gasteiger partial charge < -0.3 is 14.3 Å². The maximum atomic E-state index is 12.6. The molecule has 3 aromatic rings. The lowest BCUT2D eigenvalue weighted by atomic mass is 9.98. The summed E-state index contributed by atoms with van der Waals surface area (Å²) < 4.78 is 11.7. The van der Waals surface area contributed by atoms with E-state index in [4.69, 9.17) is 9.47 Å². The summed E-state index contributed by atoms with van der Waals surface area (Å²) in [6, 6.07) is 14.1. The molecule has 0 aliphatic heterocycles. The predicted octanol–water partition coefficient (Wildman–Crippen LogP) is 6.40. The minimum Gasteiger partial charge on any atom is -0.495 e. The highest BCUT2D eigenvalue weighted by atomic mass is 16.5. The number of ether oxygens (including phenoxy) is 2. The molecular formula is C26H30O4. The van der Waals surface area contributed by atoms with Crippen LogP contribution in [0.3, 0.4) is 0 Å². The molecule has 30 heavy (non-hydrogen) atoms. The van der Waals surface area contributed by atoms with Crippen LogP contribution in [0.5, 0.6) is 11.5 Å². The van der Waals surface area contributed by atoms with Crippen LogP contribution in [0.4, 0.5) is 0 Å². The normalized spacial score (nSPS) is 11.0. The van der Waals surface area contributed by atoms with E-state index in [0.717, 1.165) is 59.4 Å². The number of carbonyl (C=O) groups is 2. The van der Waals surface area contributed by atoms with Crippen molar-refractivity contribution in [2.75, 3.05) is 7.11 Å². The molecule has 3 rings (SSSR count). The molecule has 0 aromatic heterocycles. The Kier molecular flexibility index (Phi) is 7.45. The zero-order valence-electron chi connectivity index (χ0n) is 18.1. The Morgan fingerprint density at radius 1 is 0.800 bits per heavy atom. The van der Waals surface area contributed by atoms with Gasteiger partial charge >= 0.3 is 5.97 Å². The van der Waals surface area contributed by atoms with E-state index in [0.29, 0.717) is 18.6 Å². The minimum absolute atomic E-state index is 0.221. The molecule has 0 atom stereocenters. The van der Waals surface area contributed by atoms with Gasteiger partial charge in [-0.1, -0.05) is 56.2 Å². The maximum Gasteiger partial charge on any atom is 0.311 e. The molecule has 0 fully saturated rings. The lowest BCUT2D eigenvalue weighted by molar-refractivity contribution is -0.134. The van der Waals surface area contributed by atoms with Gasteiger partial charge in [-0.25, -0.2) is 0 Å². The number of hydrogen-bond acceptors (Lipinski definition) is 4. The van der Waals surface area contributed by atoms with Crippen molar-refractivity contribution in [3.05, 3.63) is 48.0 Å². The molecule has 0 aliphatic rings. The lowest BCUT2D eigenvalue weighted by Crippen LogP contribution is -2.08. The van der Waals surface area contributed by atoms with Crippen LogP contribution in [0, 0.1) is 0 Å². The van der Waals surface area contributed by atoms with Crippen LogP contribution in [0.15, 0.2) is 42.5 Å². The highest BCUT2D eigenvalue weighted by Gasteiger charge is 2.18. The van der Waals surface area contributed by atoms with Gasteiger partial charge in [0.25, 0.3) is 0 Å². The van der Waals surface area contributed by atoms with Crippen molar-refractivity contribution >= 4 is 33.3 Å². The van der Waals surface area contributed by atoms with Gasteiger partial charge in [0.1, 0.15) is 17.3 Å². The predicted molar refractivity (Wildman–Crippen MR) is 121 cm³/mol. The average molecular weight is 407 g/mol. The number of fused-ring (bicyclic) bond motifs is 2. The fourth-order valence-corrected chi connectivity index (χ4v) is 3.86. The first kappa shape index (κ1) is 21.8. The van der Waals surface area contributed by atoms with E-state index in [2.05, 4.69) is 19.1 Å². The molecule has 0 aliphatic carbocycles. The quantitative estimate of drug-likeness (QED) is 0.169. The van der Waals surface area contributed by atoms with Crippen molar-refractivity contribution in [1.29, 1.82) is 0 Å². The highest BCUT2D eigenvalue weighted by Crippen LogP contribution is 2.43. The Balaban J connectivity index is 1.85. The van der Waals surface area contributed by atoms with E-state index >= 15 is 0 Å². The molecule has 158 valence electrons. The minimum atomic E-state index is -0.224. The zero-order chi connectivity index (χ0) is 21.5. The van der Waals surface area contributed by atoms with Crippen molar-refractivity contribution < 1.29 is 19.1 Å². The van der Waals surface area contributed by atoms with Crippen LogP contribution in [0.25, 0.3) is 21.5 Å². The first-order valence-corrected chi connectivity index (χ1v) is 10.8. The summed E-state index contributed by atoms with van der Waals surface area (Å²) in [5.41, 5.74) is 1.21. The largest absolute Gasteiger partial charge is 0.495 e. The van der Waals surface area contributed by atoms with Gasteiger partial charge in [0.2, 0.25) is 0 Å². The number of carbonyl (C=O) groups excluding carboxylic acids is 2.